The van der Waals surface area contributed by atoms with Gasteiger partial charge >= 0.3 is 0 Å². The van der Waals surface area contributed by atoms with Crippen molar-refractivity contribution in [1.29, 1.82) is 0 Å². The van der Waals surface area contributed by atoms with Crippen LogP contribution in [0.5, 0.6) is 5.75 Å². The molecule has 1 aromatic carbocycles. The molecule has 0 aromatic heterocycles. The SMILES string of the molecule is CCOc1ccc(CCNC(=O)C2(N)CC2)cc1F. The molecule has 0 spiro atoms. The van der Waals surface area contributed by atoms with Crippen LogP contribution in [0.4, 0.5) is 4.39 Å². The van der Waals surface area contributed by atoms with Crippen molar-refractivity contribution in [1.82, 2.24) is 5.32 Å². The third kappa shape index (κ3) is 3.44. The van der Waals surface area contributed by atoms with Crippen LogP contribution in [0.15, 0.2) is 18.2 Å². The molecule has 1 aromatic rings. The van der Waals surface area contributed by atoms with Crippen LogP contribution in [0.25, 0.3) is 0 Å². The van der Waals surface area contributed by atoms with Crippen LogP contribution in [-0.4, -0.2) is 24.6 Å². The first-order valence-corrected chi connectivity index (χ1v) is 6.53. The second-order valence-electron chi connectivity index (χ2n) is 4.86. The first kappa shape index (κ1) is 13.8. The fourth-order valence-electron chi connectivity index (χ4n) is 1.83. The maximum absolute atomic E-state index is 13.6. The summed E-state index contributed by atoms with van der Waals surface area (Å²) in [5, 5.41) is 2.78. The van der Waals surface area contributed by atoms with Crippen molar-refractivity contribution in [2.45, 2.75) is 31.7 Å². The molecular weight excluding hydrogens is 247 g/mol. The lowest BCUT2D eigenvalue weighted by Crippen LogP contribution is -2.43. The van der Waals surface area contributed by atoms with Crippen LogP contribution in [-0.2, 0) is 11.2 Å². The Morgan fingerprint density at radius 1 is 1.53 bits per heavy atom. The molecule has 19 heavy (non-hydrogen) atoms. The van der Waals surface area contributed by atoms with Gasteiger partial charge in [0.25, 0.3) is 0 Å². The van der Waals surface area contributed by atoms with E-state index in [2.05, 4.69) is 5.32 Å². The van der Waals surface area contributed by atoms with Gasteiger partial charge in [-0.25, -0.2) is 4.39 Å². The van der Waals surface area contributed by atoms with E-state index in [-0.39, 0.29) is 17.5 Å². The van der Waals surface area contributed by atoms with Crippen LogP contribution in [0.3, 0.4) is 0 Å². The molecule has 0 atom stereocenters. The van der Waals surface area contributed by atoms with E-state index in [1.165, 1.54) is 6.07 Å². The lowest BCUT2D eigenvalue weighted by molar-refractivity contribution is -0.123. The highest BCUT2D eigenvalue weighted by Crippen LogP contribution is 2.32. The Bertz CT molecular complexity index is 473. The monoisotopic (exact) mass is 266 g/mol. The topological polar surface area (TPSA) is 64.3 Å². The first-order valence-electron chi connectivity index (χ1n) is 6.53. The molecule has 1 aliphatic carbocycles. The Hall–Kier alpha value is -1.62. The lowest BCUT2D eigenvalue weighted by Gasteiger charge is -2.10. The minimum absolute atomic E-state index is 0.112. The summed E-state index contributed by atoms with van der Waals surface area (Å²) in [4.78, 5) is 11.6. The van der Waals surface area contributed by atoms with E-state index in [1.54, 1.807) is 12.1 Å². The van der Waals surface area contributed by atoms with Gasteiger partial charge in [-0.2, -0.15) is 0 Å². The number of amides is 1. The van der Waals surface area contributed by atoms with Crippen LogP contribution >= 0.6 is 0 Å². The van der Waals surface area contributed by atoms with Crippen molar-refractivity contribution in [3.8, 4) is 5.75 Å². The summed E-state index contributed by atoms with van der Waals surface area (Å²) < 4.78 is 18.7. The minimum atomic E-state index is -0.649. The number of benzene rings is 1. The van der Waals surface area contributed by atoms with Gasteiger partial charge in [0.15, 0.2) is 11.6 Å². The van der Waals surface area contributed by atoms with E-state index < -0.39 is 5.54 Å². The highest BCUT2D eigenvalue weighted by molar-refractivity contribution is 5.88. The molecule has 0 bridgehead atoms. The molecular formula is C14H19FN2O2. The van der Waals surface area contributed by atoms with Gasteiger partial charge in [-0.1, -0.05) is 6.07 Å². The molecule has 0 heterocycles. The van der Waals surface area contributed by atoms with E-state index in [9.17, 15) is 9.18 Å². The normalized spacial score (nSPS) is 15.9. The minimum Gasteiger partial charge on any atom is -0.491 e. The second-order valence-corrected chi connectivity index (χ2v) is 4.86. The fourth-order valence-corrected chi connectivity index (χ4v) is 1.83. The number of nitrogens with two attached hydrogens (primary N) is 1. The summed E-state index contributed by atoms with van der Waals surface area (Å²) in [6, 6.07) is 4.85. The van der Waals surface area contributed by atoms with E-state index in [0.717, 1.165) is 18.4 Å². The van der Waals surface area contributed by atoms with Gasteiger partial charge in [0.05, 0.1) is 12.1 Å². The van der Waals surface area contributed by atoms with E-state index in [4.69, 9.17) is 10.5 Å². The van der Waals surface area contributed by atoms with Crippen LogP contribution in [0, 0.1) is 5.82 Å². The van der Waals surface area contributed by atoms with Gasteiger partial charge < -0.3 is 15.8 Å². The summed E-state index contributed by atoms with van der Waals surface area (Å²) in [7, 11) is 0. The van der Waals surface area contributed by atoms with E-state index in [1.807, 2.05) is 6.92 Å². The van der Waals surface area contributed by atoms with Crippen LogP contribution < -0.4 is 15.8 Å². The molecule has 0 saturated heterocycles. The zero-order chi connectivity index (χ0) is 13.9. The lowest BCUT2D eigenvalue weighted by atomic mass is 10.1. The van der Waals surface area contributed by atoms with Crippen molar-refractivity contribution in [3.63, 3.8) is 0 Å². The molecule has 104 valence electrons. The molecule has 3 N–H and O–H groups in total. The van der Waals surface area contributed by atoms with Gasteiger partial charge in [-0.3, -0.25) is 4.79 Å². The van der Waals surface area contributed by atoms with E-state index >= 15 is 0 Å². The van der Waals surface area contributed by atoms with Gasteiger partial charge in [0, 0.05) is 6.54 Å². The van der Waals surface area contributed by atoms with Crippen molar-refractivity contribution in [3.05, 3.63) is 29.6 Å². The molecule has 1 saturated carbocycles. The number of hydrogen-bond donors (Lipinski definition) is 2. The number of rotatable bonds is 6. The molecule has 1 fully saturated rings. The maximum atomic E-state index is 13.6. The zero-order valence-corrected chi connectivity index (χ0v) is 11.0. The average molecular weight is 266 g/mol. The third-order valence-corrected chi connectivity index (χ3v) is 3.24. The Labute approximate surface area is 112 Å². The molecule has 0 unspecified atom stereocenters. The fraction of sp³-hybridized carbons (Fsp3) is 0.500. The smallest absolute Gasteiger partial charge is 0.240 e. The average Bonchev–Trinajstić information content (AvgIpc) is 3.12. The molecule has 1 amide bonds. The number of ether oxygens (including phenoxy) is 1. The molecule has 4 nitrogen and oxygen atoms in total. The first-order chi connectivity index (χ1) is 9.05. The number of carbonyl (C=O) groups is 1. The molecule has 1 aliphatic rings. The zero-order valence-electron chi connectivity index (χ0n) is 11.0. The Morgan fingerprint density at radius 2 is 2.26 bits per heavy atom. The van der Waals surface area contributed by atoms with Gasteiger partial charge in [0.2, 0.25) is 5.91 Å². The number of carbonyl (C=O) groups excluding carboxylic acids is 1. The predicted octanol–water partition coefficient (Wildman–Crippen LogP) is 1.37. The summed E-state index contributed by atoms with van der Waals surface area (Å²) >= 11 is 0. The molecule has 2 rings (SSSR count). The van der Waals surface area contributed by atoms with Crippen LogP contribution in [0.1, 0.15) is 25.3 Å². The standard InChI is InChI=1S/C14H19FN2O2/c1-2-19-12-4-3-10(9-11(12)15)5-8-17-13(18)14(16)6-7-14/h3-4,9H,2,5-8,16H2,1H3,(H,17,18). The van der Waals surface area contributed by atoms with Crippen LogP contribution in [0.2, 0.25) is 0 Å². The summed E-state index contributed by atoms with van der Waals surface area (Å²) in [5.41, 5.74) is 5.93. The quantitative estimate of drug-likeness (QED) is 0.817. The number of nitrogens with one attached hydrogen (secondary N) is 1. The van der Waals surface area contributed by atoms with Gasteiger partial charge in [-0.05, 0) is 43.9 Å². The number of hydrogen-bond acceptors (Lipinski definition) is 3. The van der Waals surface area contributed by atoms with Gasteiger partial charge in [0.1, 0.15) is 0 Å². The summed E-state index contributed by atoms with van der Waals surface area (Å²) in [5.74, 6) is -0.226. The molecule has 5 heteroatoms. The van der Waals surface area contributed by atoms with Crippen molar-refractivity contribution < 1.29 is 13.9 Å². The Balaban J connectivity index is 1.83. The molecule has 0 aliphatic heterocycles. The Morgan fingerprint density at radius 3 is 2.84 bits per heavy atom. The predicted molar refractivity (Wildman–Crippen MR) is 70.4 cm³/mol. The largest absolute Gasteiger partial charge is 0.491 e. The summed E-state index contributed by atoms with van der Waals surface area (Å²) in [6.07, 6.45) is 2.07. The summed E-state index contributed by atoms with van der Waals surface area (Å²) in [6.45, 7) is 2.71. The second kappa shape index (κ2) is 5.57. The van der Waals surface area contributed by atoms with E-state index in [0.29, 0.717) is 19.6 Å². The maximum Gasteiger partial charge on any atom is 0.240 e. The van der Waals surface area contributed by atoms with Gasteiger partial charge in [-0.15, -0.1) is 0 Å². The highest BCUT2D eigenvalue weighted by atomic mass is 19.1. The van der Waals surface area contributed by atoms with Crippen molar-refractivity contribution >= 4 is 5.91 Å². The van der Waals surface area contributed by atoms with Crippen molar-refractivity contribution in [2.24, 2.45) is 5.73 Å². The van der Waals surface area contributed by atoms with Crippen molar-refractivity contribution in [2.75, 3.05) is 13.2 Å². The highest BCUT2D eigenvalue weighted by Gasteiger charge is 2.45. The molecule has 0 radical (unpaired) electrons. The third-order valence-electron chi connectivity index (χ3n) is 3.24. The Kier molecular flexibility index (Phi) is 4.04. The number of halogens is 1.